The maximum Gasteiger partial charge on any atom is 0.240 e. The molecule has 4 nitrogen and oxygen atoms in total. The number of nitrogens with two attached hydrogens (primary N) is 1. The third-order valence-electron chi connectivity index (χ3n) is 2.71. The first kappa shape index (κ1) is 14.2. The maximum atomic E-state index is 12.0. The van der Waals surface area contributed by atoms with Crippen molar-refractivity contribution in [3.63, 3.8) is 0 Å². The van der Waals surface area contributed by atoms with Crippen LogP contribution < -0.4 is 10.5 Å². The van der Waals surface area contributed by atoms with Gasteiger partial charge in [0.15, 0.2) is 0 Å². The molecule has 0 aliphatic rings. The van der Waals surface area contributed by atoms with Crippen LogP contribution in [0.4, 0.5) is 0 Å². The zero-order chi connectivity index (χ0) is 13.7. The number of hydrogen-bond acceptors (Lipinski definition) is 4. The predicted octanol–water partition coefficient (Wildman–Crippen LogP) is 1.73. The third-order valence-corrected chi connectivity index (χ3v) is 5.13. The molecule has 0 amide bonds. The minimum Gasteiger partial charge on any atom is -0.326 e. The molecule has 0 radical (unpaired) electrons. The van der Waals surface area contributed by atoms with Crippen molar-refractivity contribution in [3.05, 3.63) is 52.2 Å². The highest BCUT2D eigenvalue weighted by Crippen LogP contribution is 2.11. The predicted molar refractivity (Wildman–Crippen MR) is 77.5 cm³/mol. The fraction of sp³-hybridized carbons (Fsp3) is 0.231. The Morgan fingerprint density at radius 2 is 1.89 bits per heavy atom. The Balaban J connectivity index is 1.97. The van der Waals surface area contributed by atoms with Crippen molar-refractivity contribution < 1.29 is 8.42 Å². The normalized spacial score (nSPS) is 11.6. The molecule has 0 aliphatic heterocycles. The molecule has 0 spiro atoms. The summed E-state index contributed by atoms with van der Waals surface area (Å²) in [7, 11) is -3.42. The van der Waals surface area contributed by atoms with E-state index < -0.39 is 10.0 Å². The Kier molecular flexibility index (Phi) is 4.71. The summed E-state index contributed by atoms with van der Waals surface area (Å²) in [6.45, 7) is 0.813. The number of rotatable bonds is 6. The molecule has 0 saturated carbocycles. The van der Waals surface area contributed by atoms with Gasteiger partial charge in [-0.15, -0.1) is 11.3 Å². The van der Waals surface area contributed by atoms with Crippen molar-refractivity contribution in [2.24, 2.45) is 5.73 Å². The highest BCUT2D eigenvalue weighted by atomic mass is 32.2. The summed E-state index contributed by atoms with van der Waals surface area (Å²) in [5, 5.41) is 1.98. The van der Waals surface area contributed by atoms with Crippen LogP contribution in [0.2, 0.25) is 0 Å². The Labute approximate surface area is 117 Å². The monoisotopic (exact) mass is 296 g/mol. The SMILES string of the molecule is NCc1ccc(S(=O)(=O)NCCc2cccs2)cc1. The number of hydrogen-bond donors (Lipinski definition) is 2. The molecule has 2 rings (SSSR count). The topological polar surface area (TPSA) is 72.2 Å². The standard InChI is InChI=1S/C13H16N2O2S2/c14-10-11-3-5-13(6-4-11)19(16,17)15-8-7-12-2-1-9-18-12/h1-6,9,15H,7-8,10,14H2. The lowest BCUT2D eigenvalue weighted by atomic mass is 10.2. The minimum absolute atomic E-state index is 0.274. The largest absolute Gasteiger partial charge is 0.326 e. The van der Waals surface area contributed by atoms with Gasteiger partial charge in [-0.1, -0.05) is 18.2 Å². The van der Waals surface area contributed by atoms with Gasteiger partial charge in [-0.3, -0.25) is 0 Å². The van der Waals surface area contributed by atoms with Gasteiger partial charge in [0.25, 0.3) is 0 Å². The highest BCUT2D eigenvalue weighted by Gasteiger charge is 2.12. The molecule has 0 bridgehead atoms. The van der Waals surface area contributed by atoms with Crippen LogP contribution in [0.25, 0.3) is 0 Å². The van der Waals surface area contributed by atoms with E-state index in [1.165, 1.54) is 4.88 Å². The molecular weight excluding hydrogens is 280 g/mol. The van der Waals surface area contributed by atoms with Crippen LogP contribution in [-0.4, -0.2) is 15.0 Å². The molecule has 3 N–H and O–H groups in total. The van der Waals surface area contributed by atoms with Crippen molar-refractivity contribution in [3.8, 4) is 0 Å². The molecule has 1 heterocycles. The first-order valence-corrected chi connectivity index (χ1v) is 8.29. The average molecular weight is 296 g/mol. The fourth-order valence-electron chi connectivity index (χ4n) is 1.65. The quantitative estimate of drug-likeness (QED) is 0.852. The molecule has 0 fully saturated rings. The van der Waals surface area contributed by atoms with E-state index in [0.29, 0.717) is 19.5 Å². The van der Waals surface area contributed by atoms with Crippen LogP contribution in [0.1, 0.15) is 10.4 Å². The second-order valence-corrected chi connectivity index (χ2v) is 6.87. The van der Waals surface area contributed by atoms with E-state index in [1.807, 2.05) is 17.5 Å². The minimum atomic E-state index is -3.42. The average Bonchev–Trinajstić information content (AvgIpc) is 2.92. The summed E-state index contributed by atoms with van der Waals surface area (Å²) < 4.78 is 26.6. The third kappa shape index (κ3) is 3.87. The molecule has 0 atom stereocenters. The molecule has 0 unspecified atom stereocenters. The van der Waals surface area contributed by atoms with Gasteiger partial charge in [-0.2, -0.15) is 0 Å². The molecular formula is C13H16N2O2S2. The molecule has 2 aromatic rings. The lowest BCUT2D eigenvalue weighted by Crippen LogP contribution is -2.25. The van der Waals surface area contributed by atoms with E-state index in [-0.39, 0.29) is 4.90 Å². The summed E-state index contributed by atoms with van der Waals surface area (Å²) in [5.74, 6) is 0. The molecule has 1 aromatic heterocycles. The molecule has 0 saturated heterocycles. The lowest BCUT2D eigenvalue weighted by Gasteiger charge is -2.06. The van der Waals surface area contributed by atoms with Crippen molar-refractivity contribution in [1.82, 2.24) is 4.72 Å². The van der Waals surface area contributed by atoms with Gasteiger partial charge in [0.05, 0.1) is 4.90 Å². The summed E-state index contributed by atoms with van der Waals surface area (Å²) in [4.78, 5) is 1.44. The van der Waals surface area contributed by atoms with E-state index in [1.54, 1.807) is 35.6 Å². The zero-order valence-electron chi connectivity index (χ0n) is 10.4. The number of nitrogens with one attached hydrogen (secondary N) is 1. The van der Waals surface area contributed by atoms with Crippen LogP contribution in [0, 0.1) is 0 Å². The summed E-state index contributed by atoms with van der Waals surface area (Å²) in [6.07, 6.45) is 0.706. The molecule has 1 aromatic carbocycles. The van der Waals surface area contributed by atoms with E-state index in [9.17, 15) is 8.42 Å². The van der Waals surface area contributed by atoms with Crippen LogP contribution in [0.5, 0.6) is 0 Å². The van der Waals surface area contributed by atoms with Crippen molar-refractivity contribution in [2.75, 3.05) is 6.54 Å². The lowest BCUT2D eigenvalue weighted by molar-refractivity contribution is 0.582. The summed E-state index contributed by atoms with van der Waals surface area (Å²) in [6, 6.07) is 10.6. The molecule has 19 heavy (non-hydrogen) atoms. The van der Waals surface area contributed by atoms with E-state index >= 15 is 0 Å². The van der Waals surface area contributed by atoms with Crippen LogP contribution in [0.3, 0.4) is 0 Å². The number of benzene rings is 1. The molecule has 102 valence electrons. The summed E-state index contributed by atoms with van der Waals surface area (Å²) >= 11 is 1.63. The van der Waals surface area contributed by atoms with E-state index in [2.05, 4.69) is 4.72 Å². The zero-order valence-corrected chi connectivity index (χ0v) is 12.0. The first-order chi connectivity index (χ1) is 9.12. The van der Waals surface area contributed by atoms with Gasteiger partial charge in [0.1, 0.15) is 0 Å². The number of thiophene rings is 1. The maximum absolute atomic E-state index is 12.0. The van der Waals surface area contributed by atoms with Crippen LogP contribution in [-0.2, 0) is 23.0 Å². The highest BCUT2D eigenvalue weighted by molar-refractivity contribution is 7.89. The van der Waals surface area contributed by atoms with Crippen LogP contribution >= 0.6 is 11.3 Å². The van der Waals surface area contributed by atoms with Gasteiger partial charge in [-0.25, -0.2) is 13.1 Å². The van der Waals surface area contributed by atoms with Crippen molar-refractivity contribution in [2.45, 2.75) is 17.9 Å². The molecule has 6 heteroatoms. The van der Waals surface area contributed by atoms with Gasteiger partial charge in [0, 0.05) is 18.0 Å². The van der Waals surface area contributed by atoms with Gasteiger partial charge < -0.3 is 5.73 Å². The summed E-state index contributed by atoms with van der Waals surface area (Å²) in [5.41, 5.74) is 6.39. The smallest absolute Gasteiger partial charge is 0.240 e. The van der Waals surface area contributed by atoms with Crippen LogP contribution in [0.15, 0.2) is 46.7 Å². The van der Waals surface area contributed by atoms with Gasteiger partial charge >= 0.3 is 0 Å². The van der Waals surface area contributed by atoms with E-state index in [4.69, 9.17) is 5.73 Å². The van der Waals surface area contributed by atoms with Crippen molar-refractivity contribution in [1.29, 1.82) is 0 Å². The Bertz CT molecular complexity index is 605. The van der Waals surface area contributed by atoms with Gasteiger partial charge in [-0.05, 0) is 35.6 Å². The molecule has 0 aliphatic carbocycles. The van der Waals surface area contributed by atoms with E-state index in [0.717, 1.165) is 5.56 Å². The van der Waals surface area contributed by atoms with Crippen molar-refractivity contribution >= 4 is 21.4 Å². The van der Waals surface area contributed by atoms with Gasteiger partial charge in [0.2, 0.25) is 10.0 Å². The second-order valence-electron chi connectivity index (χ2n) is 4.08. The Hall–Kier alpha value is -1.21. The Morgan fingerprint density at radius 1 is 1.16 bits per heavy atom. The fourth-order valence-corrected chi connectivity index (χ4v) is 3.39. The first-order valence-electron chi connectivity index (χ1n) is 5.93. The number of sulfonamides is 1. The second kappa shape index (κ2) is 6.29. The Morgan fingerprint density at radius 3 is 2.47 bits per heavy atom.